The molecule has 0 bridgehead atoms. The summed E-state index contributed by atoms with van der Waals surface area (Å²) in [5, 5.41) is 2.83. The average molecular weight is 486 g/mol. The summed E-state index contributed by atoms with van der Waals surface area (Å²) in [6.45, 7) is 3.40. The summed E-state index contributed by atoms with van der Waals surface area (Å²) in [6, 6.07) is 20.6. The molecule has 5 rings (SSSR count). The first kappa shape index (κ1) is 23.7. The summed E-state index contributed by atoms with van der Waals surface area (Å²) in [7, 11) is 0. The minimum atomic E-state index is -0.248. The predicted octanol–water partition coefficient (Wildman–Crippen LogP) is 4.55. The number of likely N-dealkylation sites (tertiary alicyclic amines) is 1. The van der Waals surface area contributed by atoms with Crippen LogP contribution in [-0.4, -0.2) is 48.1 Å². The second-order valence-electron chi connectivity index (χ2n) is 9.68. The lowest BCUT2D eigenvalue weighted by Crippen LogP contribution is -2.47. The van der Waals surface area contributed by atoms with Gasteiger partial charge in [0.05, 0.1) is 16.9 Å². The summed E-state index contributed by atoms with van der Waals surface area (Å²) in [6.07, 6.45) is 4.38. The number of ether oxygens (including phenoxy) is 1. The number of hydrogen-bond acceptors (Lipinski definition) is 6. The Morgan fingerprint density at radius 1 is 0.972 bits per heavy atom. The number of rotatable bonds is 5. The van der Waals surface area contributed by atoms with Crippen LogP contribution in [0.2, 0.25) is 0 Å². The molecule has 3 aromatic rings. The van der Waals surface area contributed by atoms with Gasteiger partial charge in [0.25, 0.3) is 5.91 Å². The molecule has 3 heterocycles. The Balaban J connectivity index is 1.17. The molecular formula is C28H31N5O3. The largest absolute Gasteiger partial charge is 0.445 e. The first-order valence-corrected chi connectivity index (χ1v) is 12.3. The SMILES string of the molecule is Nc1ccccc1NC(=O)c1ccc(N2CCC3(CCCN(C(=O)OCc4ccccc4)C3)C2)nc1. The van der Waals surface area contributed by atoms with Crippen LogP contribution in [0.3, 0.4) is 0 Å². The second-order valence-corrected chi connectivity index (χ2v) is 9.68. The van der Waals surface area contributed by atoms with Crippen molar-refractivity contribution in [3.63, 3.8) is 0 Å². The lowest BCUT2D eigenvalue weighted by molar-refractivity contribution is 0.0582. The average Bonchev–Trinajstić information content (AvgIpc) is 3.32. The number of piperidine rings is 1. The maximum absolute atomic E-state index is 12.7. The van der Waals surface area contributed by atoms with E-state index in [1.54, 1.807) is 24.4 Å². The zero-order valence-electron chi connectivity index (χ0n) is 20.2. The Hall–Kier alpha value is -4.07. The van der Waals surface area contributed by atoms with Crippen LogP contribution in [0.15, 0.2) is 72.9 Å². The van der Waals surface area contributed by atoms with Crippen molar-refractivity contribution in [1.29, 1.82) is 0 Å². The summed E-state index contributed by atoms with van der Waals surface area (Å²) in [4.78, 5) is 34.0. The highest BCUT2D eigenvalue weighted by molar-refractivity contribution is 6.05. The topological polar surface area (TPSA) is 101 Å². The van der Waals surface area contributed by atoms with Crippen LogP contribution in [0.5, 0.6) is 0 Å². The molecule has 3 N–H and O–H groups in total. The minimum absolute atomic E-state index is 0.0343. The van der Waals surface area contributed by atoms with Crippen LogP contribution < -0.4 is 16.0 Å². The van der Waals surface area contributed by atoms with Gasteiger partial charge >= 0.3 is 6.09 Å². The standard InChI is InChI=1S/C28H31N5O3/c29-23-9-4-5-10-24(23)31-26(34)22-11-12-25(30-17-22)32-16-14-28(19-32)13-6-15-33(20-28)27(35)36-18-21-7-2-1-3-8-21/h1-5,7-12,17H,6,13-16,18-20,29H2,(H,31,34). The van der Waals surface area contributed by atoms with E-state index < -0.39 is 0 Å². The lowest BCUT2D eigenvalue weighted by atomic mass is 9.79. The fourth-order valence-electron chi connectivity index (χ4n) is 5.15. The first-order chi connectivity index (χ1) is 17.5. The normalized spacial score (nSPS) is 19.3. The molecule has 1 atom stereocenters. The van der Waals surface area contributed by atoms with Crippen molar-refractivity contribution < 1.29 is 14.3 Å². The van der Waals surface area contributed by atoms with E-state index in [-0.39, 0.29) is 24.0 Å². The van der Waals surface area contributed by atoms with E-state index in [2.05, 4.69) is 15.2 Å². The molecule has 2 aliphatic rings. The molecule has 2 aromatic carbocycles. The molecule has 36 heavy (non-hydrogen) atoms. The number of para-hydroxylation sites is 2. The highest BCUT2D eigenvalue weighted by Crippen LogP contribution is 2.40. The predicted molar refractivity (Wildman–Crippen MR) is 140 cm³/mol. The first-order valence-electron chi connectivity index (χ1n) is 12.3. The van der Waals surface area contributed by atoms with Gasteiger partial charge in [-0.1, -0.05) is 42.5 Å². The molecule has 2 saturated heterocycles. The zero-order valence-corrected chi connectivity index (χ0v) is 20.2. The number of pyridine rings is 1. The Bertz CT molecular complexity index is 1220. The summed E-state index contributed by atoms with van der Waals surface area (Å²) < 4.78 is 5.58. The van der Waals surface area contributed by atoms with E-state index in [4.69, 9.17) is 10.5 Å². The Labute approximate surface area is 211 Å². The monoisotopic (exact) mass is 485 g/mol. The zero-order chi connectivity index (χ0) is 25.0. The van der Waals surface area contributed by atoms with Gasteiger partial charge in [-0.2, -0.15) is 0 Å². The van der Waals surface area contributed by atoms with Crippen LogP contribution in [0.25, 0.3) is 0 Å². The number of amides is 2. The van der Waals surface area contributed by atoms with E-state index >= 15 is 0 Å². The van der Waals surface area contributed by atoms with Crippen LogP contribution in [0, 0.1) is 5.41 Å². The maximum atomic E-state index is 12.7. The molecule has 8 nitrogen and oxygen atoms in total. The van der Waals surface area contributed by atoms with Gasteiger partial charge in [0.15, 0.2) is 0 Å². The number of benzene rings is 2. The van der Waals surface area contributed by atoms with Gasteiger partial charge in [0.1, 0.15) is 12.4 Å². The van der Waals surface area contributed by atoms with Gasteiger partial charge in [0.2, 0.25) is 0 Å². The molecule has 8 heteroatoms. The van der Waals surface area contributed by atoms with E-state index in [1.165, 1.54) is 0 Å². The molecule has 0 aliphatic carbocycles. The number of nitrogens with two attached hydrogens (primary N) is 1. The molecule has 2 amide bonds. The van der Waals surface area contributed by atoms with Crippen LogP contribution in [0.4, 0.5) is 22.0 Å². The molecule has 1 aromatic heterocycles. The summed E-state index contributed by atoms with van der Waals surface area (Å²) in [5.74, 6) is 0.591. The number of aromatic nitrogens is 1. The van der Waals surface area contributed by atoms with E-state index in [0.717, 1.165) is 50.3 Å². The molecule has 0 radical (unpaired) electrons. The van der Waals surface area contributed by atoms with Crippen molar-refractivity contribution in [1.82, 2.24) is 9.88 Å². The van der Waals surface area contributed by atoms with Gasteiger partial charge in [-0.15, -0.1) is 0 Å². The van der Waals surface area contributed by atoms with Crippen LogP contribution in [0.1, 0.15) is 35.2 Å². The maximum Gasteiger partial charge on any atom is 0.410 e. The molecular weight excluding hydrogens is 454 g/mol. The third kappa shape index (κ3) is 5.27. The third-order valence-electron chi connectivity index (χ3n) is 7.11. The van der Waals surface area contributed by atoms with E-state index in [0.29, 0.717) is 23.5 Å². The number of nitrogens with zero attached hydrogens (tertiary/aromatic N) is 3. The highest BCUT2D eigenvalue weighted by atomic mass is 16.6. The molecule has 2 aliphatic heterocycles. The second kappa shape index (κ2) is 10.3. The van der Waals surface area contributed by atoms with Crippen molar-refractivity contribution in [2.75, 3.05) is 42.1 Å². The molecule has 1 unspecified atom stereocenters. The van der Waals surface area contributed by atoms with Gasteiger partial charge in [-0.05, 0) is 49.1 Å². The van der Waals surface area contributed by atoms with Crippen molar-refractivity contribution in [3.05, 3.63) is 84.1 Å². The Kier molecular flexibility index (Phi) is 6.75. The smallest absolute Gasteiger partial charge is 0.410 e. The van der Waals surface area contributed by atoms with Crippen molar-refractivity contribution in [3.8, 4) is 0 Å². The van der Waals surface area contributed by atoms with Gasteiger partial charge < -0.3 is 25.6 Å². The van der Waals surface area contributed by atoms with Crippen LogP contribution >= 0.6 is 0 Å². The van der Waals surface area contributed by atoms with Gasteiger partial charge in [0, 0.05) is 37.8 Å². The number of carbonyl (C=O) groups is 2. The Morgan fingerprint density at radius 2 is 1.78 bits per heavy atom. The Morgan fingerprint density at radius 3 is 2.56 bits per heavy atom. The van der Waals surface area contributed by atoms with Crippen molar-refractivity contribution in [2.24, 2.45) is 5.41 Å². The molecule has 2 fully saturated rings. The van der Waals surface area contributed by atoms with Gasteiger partial charge in [-0.25, -0.2) is 9.78 Å². The van der Waals surface area contributed by atoms with Gasteiger partial charge in [-0.3, -0.25) is 4.79 Å². The summed E-state index contributed by atoms with van der Waals surface area (Å²) >= 11 is 0. The minimum Gasteiger partial charge on any atom is -0.445 e. The number of nitrogens with one attached hydrogen (secondary N) is 1. The quantitative estimate of drug-likeness (QED) is 0.515. The lowest BCUT2D eigenvalue weighted by Gasteiger charge is -2.39. The fourth-order valence-corrected chi connectivity index (χ4v) is 5.15. The molecule has 0 saturated carbocycles. The fraction of sp³-hybridized carbons (Fsp3) is 0.321. The third-order valence-corrected chi connectivity index (χ3v) is 7.11. The summed E-state index contributed by atoms with van der Waals surface area (Å²) in [5.41, 5.74) is 8.52. The van der Waals surface area contributed by atoms with Crippen LogP contribution in [-0.2, 0) is 11.3 Å². The number of carbonyl (C=O) groups excluding carboxylic acids is 2. The van der Waals surface area contributed by atoms with E-state index in [1.807, 2.05) is 53.4 Å². The number of hydrogen-bond donors (Lipinski definition) is 2. The molecule has 1 spiro atoms. The number of nitrogen functional groups attached to an aromatic ring is 1. The molecule has 186 valence electrons. The van der Waals surface area contributed by atoms with E-state index in [9.17, 15) is 9.59 Å². The van der Waals surface area contributed by atoms with Crippen molar-refractivity contribution >= 4 is 29.2 Å². The number of anilines is 3. The van der Waals surface area contributed by atoms with Crippen molar-refractivity contribution in [2.45, 2.75) is 25.9 Å². The highest BCUT2D eigenvalue weighted by Gasteiger charge is 2.43.